The molecule has 1 amide bonds. The highest BCUT2D eigenvalue weighted by Gasteiger charge is 2.27. The molecule has 0 radical (unpaired) electrons. The molecule has 1 aliphatic heterocycles. The van der Waals surface area contributed by atoms with Gasteiger partial charge in [-0.25, -0.2) is 14.4 Å². The van der Waals surface area contributed by atoms with Gasteiger partial charge in [-0.05, 0) is 55.4 Å². The maximum atomic E-state index is 13.3. The zero-order valence-electron chi connectivity index (χ0n) is 20.4. The summed E-state index contributed by atoms with van der Waals surface area (Å²) in [6.07, 6.45) is 0.287. The van der Waals surface area contributed by atoms with Gasteiger partial charge in [0.15, 0.2) is 0 Å². The number of rotatable bonds is 7. The first kappa shape index (κ1) is 27.9. The number of likely N-dealkylation sites (N-methyl/N-ethyl adjacent to an activating group) is 1. The molecule has 202 valence electrons. The van der Waals surface area contributed by atoms with Gasteiger partial charge in [0.1, 0.15) is 17.4 Å². The predicted octanol–water partition coefficient (Wildman–Crippen LogP) is 4.88. The number of benzene rings is 3. The Bertz CT molecular complexity index is 1510. The Hall–Kier alpha value is -4.12. The highest BCUT2D eigenvalue weighted by atomic mass is 35.5. The van der Waals surface area contributed by atoms with Crippen molar-refractivity contribution >= 4 is 52.7 Å². The lowest BCUT2D eigenvalue weighted by Crippen LogP contribution is -2.24. The maximum absolute atomic E-state index is 13.3. The van der Waals surface area contributed by atoms with Gasteiger partial charge < -0.3 is 30.3 Å². The Balaban J connectivity index is 1.76. The summed E-state index contributed by atoms with van der Waals surface area (Å²) in [6, 6.07) is 10.8. The van der Waals surface area contributed by atoms with Gasteiger partial charge >= 0.3 is 17.9 Å². The summed E-state index contributed by atoms with van der Waals surface area (Å²) in [4.78, 5) is 51.5. The standard InChI is InChI=1S/C27H22Cl2N2O8/c1-31-7-6-15(12-31)39-27(38)17-4-2-13(16-5-3-14(28)9-21(16)29)8-22(17)30-24(33)18-11-23(32)20(26(36)37)10-19(18)25(34)35/h2-5,8-11,15,32H,6-7,12H2,1H3,(H,30,33)(H,34,35)(H,36,37). The van der Waals surface area contributed by atoms with E-state index in [0.29, 0.717) is 40.2 Å². The second kappa shape index (κ2) is 11.3. The van der Waals surface area contributed by atoms with Crippen LogP contribution in [0.4, 0.5) is 5.69 Å². The highest BCUT2D eigenvalue weighted by Crippen LogP contribution is 2.34. The van der Waals surface area contributed by atoms with Crippen LogP contribution in [0.2, 0.25) is 10.0 Å². The van der Waals surface area contributed by atoms with Crippen LogP contribution < -0.4 is 5.32 Å². The Kier molecular flexibility index (Phi) is 8.10. The van der Waals surface area contributed by atoms with Crippen molar-refractivity contribution in [2.45, 2.75) is 12.5 Å². The number of carboxylic acid groups (broad SMARTS) is 2. The van der Waals surface area contributed by atoms with E-state index in [1.54, 1.807) is 18.2 Å². The first-order valence-corrected chi connectivity index (χ1v) is 12.3. The number of carboxylic acids is 2. The smallest absolute Gasteiger partial charge is 0.340 e. The van der Waals surface area contributed by atoms with Crippen molar-refractivity contribution in [3.05, 3.63) is 80.8 Å². The molecule has 4 N–H and O–H groups in total. The van der Waals surface area contributed by atoms with Gasteiger partial charge in [-0.1, -0.05) is 35.3 Å². The summed E-state index contributed by atoms with van der Waals surface area (Å²) in [7, 11) is 1.90. The minimum Gasteiger partial charge on any atom is -0.507 e. The fraction of sp³-hybridized carbons (Fsp3) is 0.185. The number of carbonyl (C=O) groups excluding carboxylic acids is 2. The Morgan fingerprint density at radius 3 is 2.26 bits per heavy atom. The van der Waals surface area contributed by atoms with E-state index in [2.05, 4.69) is 5.32 Å². The van der Waals surface area contributed by atoms with Crippen LogP contribution >= 0.6 is 23.2 Å². The van der Waals surface area contributed by atoms with Crippen LogP contribution in [0.1, 0.15) is 47.9 Å². The summed E-state index contributed by atoms with van der Waals surface area (Å²) in [6.45, 7) is 1.30. The Morgan fingerprint density at radius 2 is 1.64 bits per heavy atom. The molecule has 0 aliphatic carbocycles. The first-order valence-electron chi connectivity index (χ1n) is 11.6. The predicted molar refractivity (Wildman–Crippen MR) is 143 cm³/mol. The van der Waals surface area contributed by atoms with Crippen LogP contribution in [0, 0.1) is 0 Å². The number of phenols is 1. The van der Waals surface area contributed by atoms with Crippen LogP contribution in [0.3, 0.4) is 0 Å². The number of carbonyl (C=O) groups is 4. The third-order valence-corrected chi connectivity index (χ3v) is 6.74. The van der Waals surface area contributed by atoms with Crippen molar-refractivity contribution in [1.82, 2.24) is 4.90 Å². The number of aromatic carboxylic acids is 2. The van der Waals surface area contributed by atoms with Gasteiger partial charge in [0.25, 0.3) is 5.91 Å². The Labute approximate surface area is 232 Å². The quantitative estimate of drug-likeness (QED) is 0.290. The average Bonchev–Trinajstić information content (AvgIpc) is 3.27. The number of nitrogens with one attached hydrogen (secondary N) is 1. The van der Waals surface area contributed by atoms with Crippen molar-refractivity contribution in [1.29, 1.82) is 0 Å². The van der Waals surface area contributed by atoms with Gasteiger partial charge in [-0.3, -0.25) is 4.79 Å². The lowest BCUT2D eigenvalue weighted by Gasteiger charge is -2.17. The lowest BCUT2D eigenvalue weighted by molar-refractivity contribution is 0.0328. The number of amides is 1. The molecule has 1 heterocycles. The Morgan fingerprint density at radius 1 is 0.923 bits per heavy atom. The number of hydrogen-bond donors (Lipinski definition) is 4. The largest absolute Gasteiger partial charge is 0.507 e. The van der Waals surface area contributed by atoms with E-state index in [4.69, 9.17) is 27.9 Å². The second-order valence-corrected chi connectivity index (χ2v) is 9.79. The molecule has 1 fully saturated rings. The molecule has 1 unspecified atom stereocenters. The molecule has 3 aromatic carbocycles. The van der Waals surface area contributed by atoms with Crippen LogP contribution in [-0.4, -0.2) is 70.3 Å². The molecule has 39 heavy (non-hydrogen) atoms. The van der Waals surface area contributed by atoms with E-state index in [1.807, 2.05) is 11.9 Å². The summed E-state index contributed by atoms with van der Waals surface area (Å²) in [5.41, 5.74) is -0.827. The third kappa shape index (κ3) is 6.14. The molecule has 0 bridgehead atoms. The molecule has 10 nitrogen and oxygen atoms in total. The third-order valence-electron chi connectivity index (χ3n) is 6.19. The number of esters is 1. The van der Waals surface area contributed by atoms with Gasteiger partial charge in [0.05, 0.1) is 22.4 Å². The fourth-order valence-electron chi connectivity index (χ4n) is 4.24. The summed E-state index contributed by atoms with van der Waals surface area (Å²) in [5.74, 6) is -5.67. The van der Waals surface area contributed by atoms with Gasteiger partial charge in [-0.2, -0.15) is 0 Å². The molecule has 0 saturated carbocycles. The number of likely N-dealkylation sites (tertiary alicyclic amines) is 1. The summed E-state index contributed by atoms with van der Waals surface area (Å²) < 4.78 is 5.63. The normalized spacial score (nSPS) is 15.1. The zero-order valence-corrected chi connectivity index (χ0v) is 21.9. The van der Waals surface area contributed by atoms with Crippen LogP contribution in [0.5, 0.6) is 5.75 Å². The van der Waals surface area contributed by atoms with Gasteiger partial charge in [0.2, 0.25) is 0 Å². The topological polar surface area (TPSA) is 153 Å². The molecule has 1 atom stereocenters. The summed E-state index contributed by atoms with van der Waals surface area (Å²) >= 11 is 12.4. The SMILES string of the molecule is CN1CCC(OC(=O)c2ccc(-c3ccc(Cl)cc3Cl)cc2NC(=O)c2cc(O)c(C(=O)O)cc2C(=O)O)C1. The van der Waals surface area contributed by atoms with E-state index < -0.39 is 46.3 Å². The van der Waals surface area contributed by atoms with Crippen LogP contribution in [0.15, 0.2) is 48.5 Å². The van der Waals surface area contributed by atoms with Crippen molar-refractivity contribution in [2.24, 2.45) is 0 Å². The second-order valence-electron chi connectivity index (χ2n) is 8.94. The number of nitrogens with zero attached hydrogens (tertiary/aromatic N) is 1. The number of ether oxygens (including phenoxy) is 1. The molecule has 12 heteroatoms. The molecule has 1 aliphatic rings. The van der Waals surface area contributed by atoms with Gasteiger partial charge in [-0.15, -0.1) is 0 Å². The number of aromatic hydroxyl groups is 1. The minimum absolute atomic E-state index is 0.00464. The van der Waals surface area contributed by atoms with Crippen molar-refractivity contribution in [2.75, 3.05) is 25.5 Å². The van der Waals surface area contributed by atoms with E-state index in [9.17, 15) is 34.5 Å². The zero-order chi connectivity index (χ0) is 28.4. The maximum Gasteiger partial charge on any atom is 0.340 e. The molecule has 1 saturated heterocycles. The molecule has 4 rings (SSSR count). The van der Waals surface area contributed by atoms with Crippen molar-refractivity contribution in [3.8, 4) is 16.9 Å². The van der Waals surface area contributed by atoms with Crippen molar-refractivity contribution in [3.63, 3.8) is 0 Å². The monoisotopic (exact) mass is 572 g/mol. The molecule has 3 aromatic rings. The first-order chi connectivity index (χ1) is 18.4. The van der Waals surface area contributed by atoms with E-state index in [-0.39, 0.29) is 17.4 Å². The van der Waals surface area contributed by atoms with Crippen LogP contribution in [-0.2, 0) is 4.74 Å². The van der Waals surface area contributed by atoms with Crippen LogP contribution in [0.25, 0.3) is 11.1 Å². The van der Waals surface area contributed by atoms with Crippen molar-refractivity contribution < 1.29 is 39.2 Å². The minimum atomic E-state index is -1.59. The number of anilines is 1. The molecule has 0 aromatic heterocycles. The van der Waals surface area contributed by atoms with E-state index in [1.165, 1.54) is 18.2 Å². The van der Waals surface area contributed by atoms with Gasteiger partial charge in [0, 0.05) is 28.7 Å². The average molecular weight is 573 g/mol. The highest BCUT2D eigenvalue weighted by molar-refractivity contribution is 6.36. The lowest BCUT2D eigenvalue weighted by atomic mass is 10.00. The van der Waals surface area contributed by atoms with E-state index >= 15 is 0 Å². The molecule has 0 spiro atoms. The number of hydrogen-bond acceptors (Lipinski definition) is 7. The molecular weight excluding hydrogens is 551 g/mol. The number of halogens is 2. The van der Waals surface area contributed by atoms with E-state index in [0.717, 1.165) is 12.6 Å². The fourth-order valence-corrected chi connectivity index (χ4v) is 4.75. The summed E-state index contributed by atoms with van der Waals surface area (Å²) in [5, 5.41) is 32.1. The molecular formula is C27H22Cl2N2O8.